The number of nitrogens with one attached hydrogen (secondary N) is 1. The molecule has 0 aromatic carbocycles. The summed E-state index contributed by atoms with van der Waals surface area (Å²) in [5.41, 5.74) is 2.60. The van der Waals surface area contributed by atoms with E-state index in [4.69, 9.17) is 4.74 Å². The van der Waals surface area contributed by atoms with Crippen LogP contribution in [0.25, 0.3) is 5.82 Å². The predicted octanol–water partition coefficient (Wildman–Crippen LogP) is 3.81. The molecule has 1 aliphatic carbocycles. The maximum absolute atomic E-state index is 12.6. The van der Waals surface area contributed by atoms with E-state index < -0.39 is 0 Å². The van der Waals surface area contributed by atoms with Gasteiger partial charge in [0.1, 0.15) is 5.82 Å². The molecular formula is C21H29N3O2. The second-order valence-electron chi connectivity index (χ2n) is 7.24. The maximum atomic E-state index is 12.6. The summed E-state index contributed by atoms with van der Waals surface area (Å²) < 4.78 is 7.99. The molecule has 2 aromatic heterocycles. The lowest BCUT2D eigenvalue weighted by atomic mass is 9.88. The van der Waals surface area contributed by atoms with Gasteiger partial charge in [0.2, 0.25) is 0 Å². The van der Waals surface area contributed by atoms with Crippen molar-refractivity contribution < 1.29 is 9.53 Å². The van der Waals surface area contributed by atoms with E-state index in [0.717, 1.165) is 23.6 Å². The monoisotopic (exact) mass is 355 g/mol. The fourth-order valence-corrected chi connectivity index (χ4v) is 3.83. The maximum Gasteiger partial charge on any atom is 0.253 e. The second-order valence-corrected chi connectivity index (χ2v) is 7.24. The number of pyridine rings is 1. The number of aromatic nitrogens is 2. The second kappa shape index (κ2) is 8.49. The molecule has 0 spiro atoms. The zero-order chi connectivity index (χ0) is 18.5. The third-order valence-corrected chi connectivity index (χ3v) is 5.31. The van der Waals surface area contributed by atoms with Gasteiger partial charge in [0, 0.05) is 24.1 Å². The summed E-state index contributed by atoms with van der Waals surface area (Å²) in [5.74, 6) is 1.40. The van der Waals surface area contributed by atoms with Gasteiger partial charge < -0.3 is 14.6 Å². The fourth-order valence-electron chi connectivity index (χ4n) is 3.83. The van der Waals surface area contributed by atoms with E-state index in [1.807, 2.05) is 42.7 Å². The Morgan fingerprint density at radius 2 is 2.12 bits per heavy atom. The number of nitrogens with zero attached hydrogens (tertiary/aromatic N) is 2. The van der Waals surface area contributed by atoms with E-state index >= 15 is 0 Å². The van der Waals surface area contributed by atoms with Gasteiger partial charge in [0.05, 0.1) is 18.3 Å². The molecular weight excluding hydrogens is 326 g/mol. The Morgan fingerprint density at radius 1 is 1.31 bits per heavy atom. The van der Waals surface area contributed by atoms with Crippen molar-refractivity contribution >= 4 is 5.91 Å². The first-order chi connectivity index (χ1) is 12.6. The number of carbonyl (C=O) groups is 1. The predicted molar refractivity (Wildman–Crippen MR) is 103 cm³/mol. The molecule has 26 heavy (non-hydrogen) atoms. The minimum atomic E-state index is -0.0550. The summed E-state index contributed by atoms with van der Waals surface area (Å²) in [5, 5.41) is 2.99. The zero-order valence-corrected chi connectivity index (χ0v) is 16.0. The first kappa shape index (κ1) is 18.6. The molecule has 0 saturated heterocycles. The van der Waals surface area contributed by atoms with Crippen molar-refractivity contribution in [1.82, 2.24) is 14.9 Å². The van der Waals surface area contributed by atoms with E-state index in [1.165, 1.54) is 19.3 Å². The Kier molecular flexibility index (Phi) is 6.09. The van der Waals surface area contributed by atoms with Crippen LogP contribution < -0.4 is 5.32 Å². The van der Waals surface area contributed by atoms with Crippen molar-refractivity contribution in [3.63, 3.8) is 0 Å². The standard InChI is InChI=1S/C21H29N3O2/c1-15-8-4-5-9-19(15)26-13-12-23-21(25)18-14-16(2)24(17(18)3)20-10-6-7-11-22-20/h6-7,10-11,14-15,19H,4-5,8-9,12-13H2,1-3H3,(H,23,25). The van der Waals surface area contributed by atoms with Gasteiger partial charge in [-0.1, -0.05) is 25.8 Å². The van der Waals surface area contributed by atoms with E-state index in [2.05, 4.69) is 17.2 Å². The summed E-state index contributed by atoms with van der Waals surface area (Å²) in [7, 11) is 0. The molecule has 1 N–H and O–H groups in total. The van der Waals surface area contributed by atoms with E-state index in [9.17, 15) is 4.79 Å². The summed E-state index contributed by atoms with van der Waals surface area (Å²) >= 11 is 0. The molecule has 140 valence electrons. The molecule has 1 fully saturated rings. The first-order valence-electron chi connectivity index (χ1n) is 9.58. The van der Waals surface area contributed by atoms with Crippen LogP contribution in [0.1, 0.15) is 54.4 Å². The number of hydrogen-bond acceptors (Lipinski definition) is 3. The minimum absolute atomic E-state index is 0.0550. The van der Waals surface area contributed by atoms with Crippen molar-refractivity contribution in [2.75, 3.05) is 13.2 Å². The summed E-state index contributed by atoms with van der Waals surface area (Å²) in [4.78, 5) is 17.0. The molecule has 1 amide bonds. The third kappa shape index (κ3) is 4.15. The molecule has 2 heterocycles. The van der Waals surface area contributed by atoms with Crippen molar-refractivity contribution in [3.8, 4) is 5.82 Å². The highest BCUT2D eigenvalue weighted by atomic mass is 16.5. The number of amides is 1. The Morgan fingerprint density at radius 3 is 2.85 bits per heavy atom. The van der Waals surface area contributed by atoms with Crippen LogP contribution in [0.3, 0.4) is 0 Å². The lowest BCUT2D eigenvalue weighted by Crippen LogP contribution is -2.32. The Bertz CT molecular complexity index is 739. The van der Waals surface area contributed by atoms with Gasteiger partial charge >= 0.3 is 0 Å². The molecule has 2 unspecified atom stereocenters. The van der Waals surface area contributed by atoms with E-state index in [-0.39, 0.29) is 5.91 Å². The zero-order valence-electron chi connectivity index (χ0n) is 16.0. The largest absolute Gasteiger partial charge is 0.376 e. The summed E-state index contributed by atoms with van der Waals surface area (Å²) in [6.07, 6.45) is 7.05. The quantitative estimate of drug-likeness (QED) is 0.802. The Labute approximate surface area is 155 Å². The van der Waals surface area contributed by atoms with Gasteiger partial charge in [-0.25, -0.2) is 4.98 Å². The molecule has 0 radical (unpaired) electrons. The van der Waals surface area contributed by atoms with Gasteiger partial charge in [0.25, 0.3) is 5.91 Å². The van der Waals surface area contributed by atoms with Crippen molar-refractivity contribution in [2.24, 2.45) is 5.92 Å². The van der Waals surface area contributed by atoms with E-state index in [1.54, 1.807) is 6.20 Å². The highest BCUT2D eigenvalue weighted by Crippen LogP contribution is 2.26. The average Bonchev–Trinajstić information content (AvgIpc) is 2.95. The number of aryl methyl sites for hydroxylation is 1. The van der Waals surface area contributed by atoms with Crippen LogP contribution in [0, 0.1) is 19.8 Å². The van der Waals surface area contributed by atoms with Gasteiger partial charge in [-0.3, -0.25) is 4.79 Å². The van der Waals surface area contributed by atoms with Crippen LogP contribution in [0.15, 0.2) is 30.5 Å². The SMILES string of the molecule is Cc1cc(C(=O)NCCOC2CCCCC2C)c(C)n1-c1ccccn1. The lowest BCUT2D eigenvalue weighted by molar-refractivity contribution is -0.00294. The van der Waals surface area contributed by atoms with Crippen LogP contribution in [0.2, 0.25) is 0 Å². The van der Waals surface area contributed by atoms with Crippen molar-refractivity contribution in [3.05, 3.63) is 47.4 Å². The Hall–Kier alpha value is -2.14. The molecule has 3 rings (SSSR count). The van der Waals surface area contributed by atoms with Gasteiger partial charge in [-0.2, -0.15) is 0 Å². The topological polar surface area (TPSA) is 56.1 Å². The van der Waals surface area contributed by atoms with Gasteiger partial charge in [0.15, 0.2) is 0 Å². The van der Waals surface area contributed by atoms with Crippen LogP contribution in [0.5, 0.6) is 0 Å². The number of hydrogen-bond donors (Lipinski definition) is 1. The molecule has 1 aliphatic rings. The molecule has 1 saturated carbocycles. The fraction of sp³-hybridized carbons (Fsp3) is 0.524. The van der Waals surface area contributed by atoms with Crippen LogP contribution in [0.4, 0.5) is 0 Å². The first-order valence-corrected chi connectivity index (χ1v) is 9.58. The number of rotatable bonds is 6. The Balaban J connectivity index is 1.57. The third-order valence-electron chi connectivity index (χ3n) is 5.31. The molecule has 5 nitrogen and oxygen atoms in total. The minimum Gasteiger partial charge on any atom is -0.376 e. The summed E-state index contributed by atoms with van der Waals surface area (Å²) in [6, 6.07) is 7.70. The smallest absolute Gasteiger partial charge is 0.253 e. The molecule has 0 aliphatic heterocycles. The van der Waals surface area contributed by atoms with Crippen LogP contribution >= 0.6 is 0 Å². The highest BCUT2D eigenvalue weighted by molar-refractivity contribution is 5.95. The summed E-state index contributed by atoms with van der Waals surface area (Å²) in [6.45, 7) is 7.31. The van der Waals surface area contributed by atoms with Gasteiger partial charge in [-0.15, -0.1) is 0 Å². The normalized spacial score (nSPS) is 20.1. The lowest BCUT2D eigenvalue weighted by Gasteiger charge is -2.28. The van der Waals surface area contributed by atoms with E-state index in [0.29, 0.717) is 30.7 Å². The highest BCUT2D eigenvalue weighted by Gasteiger charge is 2.22. The van der Waals surface area contributed by atoms with Crippen LogP contribution in [-0.4, -0.2) is 34.7 Å². The molecule has 0 bridgehead atoms. The van der Waals surface area contributed by atoms with Crippen LogP contribution in [-0.2, 0) is 4.74 Å². The average molecular weight is 355 g/mol. The number of ether oxygens (including phenoxy) is 1. The molecule has 2 atom stereocenters. The molecule has 2 aromatic rings. The van der Waals surface area contributed by atoms with Crippen molar-refractivity contribution in [2.45, 2.75) is 52.6 Å². The van der Waals surface area contributed by atoms with Gasteiger partial charge in [-0.05, 0) is 50.8 Å². The number of carbonyl (C=O) groups excluding carboxylic acids is 1. The van der Waals surface area contributed by atoms with Crippen molar-refractivity contribution in [1.29, 1.82) is 0 Å². The molecule has 5 heteroatoms.